The molecule has 2 aliphatic heterocycles. The van der Waals surface area contributed by atoms with Gasteiger partial charge in [0.2, 0.25) is 0 Å². The number of cyclic esters (lactones) is 1. The highest BCUT2D eigenvalue weighted by molar-refractivity contribution is 5.94. The Kier molecular flexibility index (Phi) is 5.17. The van der Waals surface area contributed by atoms with E-state index in [9.17, 15) is 4.79 Å². The van der Waals surface area contributed by atoms with Gasteiger partial charge in [-0.2, -0.15) is 5.26 Å². The first-order valence-corrected chi connectivity index (χ1v) is 10.6. The fourth-order valence-corrected chi connectivity index (χ4v) is 4.42. The molecule has 9 nitrogen and oxygen atoms in total. The van der Waals surface area contributed by atoms with Crippen LogP contribution in [0.1, 0.15) is 50.0 Å². The molecule has 0 radical (unpaired) electrons. The first-order chi connectivity index (χ1) is 15.5. The van der Waals surface area contributed by atoms with E-state index in [1.807, 2.05) is 31.2 Å². The Morgan fingerprint density at radius 2 is 2.16 bits per heavy atom. The number of esters is 1. The van der Waals surface area contributed by atoms with Crippen LogP contribution < -0.4 is 5.32 Å². The zero-order valence-electron chi connectivity index (χ0n) is 18.0. The van der Waals surface area contributed by atoms with Gasteiger partial charge in [-0.25, -0.2) is 4.79 Å². The Hall–Kier alpha value is -3.61. The van der Waals surface area contributed by atoms with Gasteiger partial charge in [-0.1, -0.05) is 6.07 Å². The summed E-state index contributed by atoms with van der Waals surface area (Å²) in [5.74, 6) is 0.414. The van der Waals surface area contributed by atoms with Gasteiger partial charge < -0.3 is 10.1 Å². The molecule has 1 saturated heterocycles. The lowest BCUT2D eigenvalue weighted by Crippen LogP contribution is -2.45. The van der Waals surface area contributed by atoms with Crippen LogP contribution in [0.4, 0.5) is 0 Å². The molecule has 32 heavy (non-hydrogen) atoms. The zero-order valence-corrected chi connectivity index (χ0v) is 18.0. The summed E-state index contributed by atoms with van der Waals surface area (Å²) < 4.78 is 5.19. The average Bonchev–Trinajstić information content (AvgIpc) is 3.41. The third-order valence-electron chi connectivity index (χ3n) is 6.22. The van der Waals surface area contributed by atoms with Crippen LogP contribution in [0.5, 0.6) is 0 Å². The van der Waals surface area contributed by atoms with E-state index >= 15 is 0 Å². The van der Waals surface area contributed by atoms with E-state index in [4.69, 9.17) is 10.00 Å². The molecule has 0 bridgehead atoms. The van der Waals surface area contributed by atoms with Crippen molar-refractivity contribution in [2.24, 2.45) is 0 Å². The van der Waals surface area contributed by atoms with Crippen molar-refractivity contribution in [1.82, 2.24) is 30.4 Å². The number of hydrogen-bond donors (Lipinski definition) is 1. The number of hydrogen-bond acceptors (Lipinski definition) is 8. The Balaban J connectivity index is 1.30. The van der Waals surface area contributed by atoms with Crippen LogP contribution in [0.2, 0.25) is 0 Å². The molecule has 0 saturated carbocycles. The van der Waals surface area contributed by atoms with Gasteiger partial charge in [0.25, 0.3) is 0 Å². The number of carbonyl (C=O) groups is 1. The molecule has 1 N–H and O–H groups in total. The third kappa shape index (κ3) is 3.64. The number of nitrogens with one attached hydrogen (secondary N) is 1. The number of rotatable bonds is 4. The fraction of sp³-hybridized carbons (Fsp3) is 0.348. The van der Waals surface area contributed by atoms with Crippen LogP contribution in [-0.4, -0.2) is 50.7 Å². The molecule has 0 amide bonds. The minimum Gasteiger partial charge on any atom is -0.457 e. The maximum atomic E-state index is 11.8. The average molecular weight is 429 g/mol. The number of nitrogens with zero attached hydrogens (tertiary/aromatic N) is 6. The number of nitriles is 1. The van der Waals surface area contributed by atoms with Gasteiger partial charge in [-0.15, -0.1) is 15.0 Å². The molecule has 1 atom stereocenters. The Morgan fingerprint density at radius 1 is 1.28 bits per heavy atom. The largest absolute Gasteiger partial charge is 0.457 e. The summed E-state index contributed by atoms with van der Waals surface area (Å²) in [5.41, 5.74) is 6.28. The predicted octanol–water partition coefficient (Wildman–Crippen LogP) is 1.97. The topological polar surface area (TPSA) is 109 Å². The van der Waals surface area contributed by atoms with Crippen molar-refractivity contribution in [1.29, 1.82) is 5.26 Å². The SMILES string of the molecule is Cc1cc(-n2nnc(CN3CCN[C@H](c4ccc5c(c4C)COC5=O)C3)n2)ccc1C#N. The van der Waals surface area contributed by atoms with E-state index in [-0.39, 0.29) is 12.0 Å². The summed E-state index contributed by atoms with van der Waals surface area (Å²) in [4.78, 5) is 15.6. The quantitative estimate of drug-likeness (QED) is 0.627. The minimum absolute atomic E-state index is 0.154. The molecule has 9 heteroatoms. The highest BCUT2D eigenvalue weighted by Gasteiger charge is 2.28. The summed E-state index contributed by atoms with van der Waals surface area (Å²) in [6.07, 6.45) is 0. The number of ether oxygens (including phenoxy) is 1. The molecule has 5 rings (SSSR count). The molecule has 0 aliphatic carbocycles. The number of tetrazole rings is 1. The number of aryl methyl sites for hydroxylation is 1. The Labute approximate surface area is 185 Å². The molecule has 2 aliphatic rings. The number of aromatic nitrogens is 4. The Morgan fingerprint density at radius 3 is 2.97 bits per heavy atom. The summed E-state index contributed by atoms with van der Waals surface area (Å²) in [6.45, 7) is 7.43. The molecule has 3 heterocycles. The first kappa shape index (κ1) is 20.3. The van der Waals surface area contributed by atoms with Crippen LogP contribution in [0.15, 0.2) is 30.3 Å². The summed E-state index contributed by atoms with van der Waals surface area (Å²) >= 11 is 0. The second kappa shape index (κ2) is 8.15. The van der Waals surface area contributed by atoms with Gasteiger partial charge in [0.15, 0.2) is 5.82 Å². The lowest BCUT2D eigenvalue weighted by molar-refractivity contribution is 0.0535. The van der Waals surface area contributed by atoms with Crippen LogP contribution >= 0.6 is 0 Å². The van der Waals surface area contributed by atoms with Crippen LogP contribution in [0.25, 0.3) is 5.69 Å². The third-order valence-corrected chi connectivity index (χ3v) is 6.22. The van der Waals surface area contributed by atoms with E-state index < -0.39 is 0 Å². The number of carbonyl (C=O) groups excluding carboxylic acids is 1. The van der Waals surface area contributed by atoms with Crippen molar-refractivity contribution in [3.63, 3.8) is 0 Å². The van der Waals surface area contributed by atoms with Gasteiger partial charge in [-0.3, -0.25) is 4.90 Å². The fourth-order valence-electron chi connectivity index (χ4n) is 4.42. The minimum atomic E-state index is -0.237. The van der Waals surface area contributed by atoms with E-state index in [2.05, 4.69) is 38.6 Å². The van der Waals surface area contributed by atoms with Gasteiger partial charge >= 0.3 is 5.97 Å². The molecular weight excluding hydrogens is 406 g/mol. The maximum absolute atomic E-state index is 11.8. The monoisotopic (exact) mass is 429 g/mol. The van der Waals surface area contributed by atoms with E-state index in [0.29, 0.717) is 30.1 Å². The van der Waals surface area contributed by atoms with E-state index in [0.717, 1.165) is 42.0 Å². The summed E-state index contributed by atoms with van der Waals surface area (Å²) in [5, 5.41) is 25.7. The number of piperazine rings is 1. The standard InChI is InChI=1S/C23H23N7O2/c1-14-9-17(4-3-16(14)10-24)30-27-22(26-28-30)12-29-8-7-25-21(11-29)18-5-6-19-20(15(18)2)13-32-23(19)31/h3-6,9,21,25H,7-8,11-13H2,1-2H3/t21-/m0/s1. The second-order valence-corrected chi connectivity index (χ2v) is 8.23. The van der Waals surface area contributed by atoms with Crippen molar-refractivity contribution in [3.8, 4) is 11.8 Å². The molecule has 162 valence electrons. The van der Waals surface area contributed by atoms with Crippen molar-refractivity contribution in [2.45, 2.75) is 33.0 Å². The maximum Gasteiger partial charge on any atom is 0.338 e. The molecule has 1 fully saturated rings. The van der Waals surface area contributed by atoms with E-state index in [1.165, 1.54) is 10.4 Å². The predicted molar refractivity (Wildman–Crippen MR) is 115 cm³/mol. The van der Waals surface area contributed by atoms with Gasteiger partial charge in [0.1, 0.15) is 6.61 Å². The molecule has 0 unspecified atom stereocenters. The smallest absolute Gasteiger partial charge is 0.338 e. The van der Waals surface area contributed by atoms with Crippen LogP contribution in [-0.2, 0) is 17.9 Å². The van der Waals surface area contributed by atoms with Crippen molar-refractivity contribution < 1.29 is 9.53 Å². The van der Waals surface area contributed by atoms with E-state index in [1.54, 1.807) is 6.07 Å². The highest BCUT2D eigenvalue weighted by atomic mass is 16.5. The molecule has 1 aromatic heterocycles. The van der Waals surface area contributed by atoms with Gasteiger partial charge in [-0.05, 0) is 60.0 Å². The number of fused-ring (bicyclic) bond motifs is 1. The summed E-state index contributed by atoms with van der Waals surface area (Å²) in [7, 11) is 0. The lowest BCUT2D eigenvalue weighted by atomic mass is 9.93. The van der Waals surface area contributed by atoms with Crippen LogP contribution in [0.3, 0.4) is 0 Å². The van der Waals surface area contributed by atoms with Crippen molar-refractivity contribution >= 4 is 5.97 Å². The van der Waals surface area contributed by atoms with Crippen LogP contribution in [0, 0.1) is 25.2 Å². The normalized spacial score (nSPS) is 18.3. The van der Waals surface area contributed by atoms with Crippen molar-refractivity contribution in [2.75, 3.05) is 19.6 Å². The van der Waals surface area contributed by atoms with Gasteiger partial charge in [0.05, 0.1) is 29.4 Å². The molecule has 0 spiro atoms. The lowest BCUT2D eigenvalue weighted by Gasteiger charge is -2.34. The molecular formula is C23H23N7O2. The first-order valence-electron chi connectivity index (χ1n) is 10.6. The summed E-state index contributed by atoms with van der Waals surface area (Å²) in [6, 6.07) is 11.7. The number of benzene rings is 2. The van der Waals surface area contributed by atoms with Gasteiger partial charge in [0, 0.05) is 31.2 Å². The molecule has 3 aromatic rings. The second-order valence-electron chi connectivity index (χ2n) is 8.23. The molecule has 2 aromatic carbocycles. The van der Waals surface area contributed by atoms with Crippen molar-refractivity contribution in [3.05, 3.63) is 69.5 Å². The highest BCUT2D eigenvalue weighted by Crippen LogP contribution is 2.30. The zero-order chi connectivity index (χ0) is 22.2. The Bertz CT molecular complexity index is 1240.